The summed E-state index contributed by atoms with van der Waals surface area (Å²) in [6.07, 6.45) is 1.02. The van der Waals surface area contributed by atoms with Gasteiger partial charge in [0, 0.05) is 29.1 Å². The molecule has 0 aliphatic heterocycles. The highest BCUT2D eigenvalue weighted by Crippen LogP contribution is 2.25. The predicted octanol–water partition coefficient (Wildman–Crippen LogP) is 4.70. The normalized spacial score (nSPS) is 10.5. The standard InChI is InChI=1S/C20H20N2O2S/c1-14-5-3-6-15(11-14)20-22-17(13-25-20)9-10-19(23)21-16-7-4-8-18(12-16)24-2/h3-8,11-13H,9-10H2,1-2H3,(H,21,23). The molecule has 0 bridgehead atoms. The monoisotopic (exact) mass is 352 g/mol. The van der Waals surface area contributed by atoms with Crippen molar-refractivity contribution in [3.05, 3.63) is 65.2 Å². The molecule has 1 amide bonds. The van der Waals surface area contributed by atoms with Crippen LogP contribution in [-0.2, 0) is 11.2 Å². The summed E-state index contributed by atoms with van der Waals surface area (Å²) in [5.74, 6) is 0.693. The number of carbonyl (C=O) groups is 1. The lowest BCUT2D eigenvalue weighted by Gasteiger charge is -2.06. The van der Waals surface area contributed by atoms with Gasteiger partial charge in [0.2, 0.25) is 5.91 Å². The highest BCUT2D eigenvalue weighted by atomic mass is 32.1. The molecule has 0 aliphatic rings. The Kier molecular flexibility index (Phi) is 5.46. The van der Waals surface area contributed by atoms with Gasteiger partial charge in [-0.25, -0.2) is 4.98 Å². The summed E-state index contributed by atoms with van der Waals surface area (Å²) in [5, 5.41) is 5.91. The molecule has 0 aliphatic carbocycles. The van der Waals surface area contributed by atoms with Gasteiger partial charge in [0.05, 0.1) is 12.8 Å². The van der Waals surface area contributed by atoms with Gasteiger partial charge in [0.1, 0.15) is 10.8 Å². The summed E-state index contributed by atoms with van der Waals surface area (Å²) < 4.78 is 5.16. The van der Waals surface area contributed by atoms with E-state index in [1.165, 1.54) is 5.56 Å². The van der Waals surface area contributed by atoms with Crippen molar-refractivity contribution in [2.75, 3.05) is 12.4 Å². The summed E-state index contributed by atoms with van der Waals surface area (Å²) >= 11 is 1.61. The first-order valence-electron chi connectivity index (χ1n) is 8.09. The van der Waals surface area contributed by atoms with Gasteiger partial charge in [-0.1, -0.05) is 29.8 Å². The van der Waals surface area contributed by atoms with Crippen molar-refractivity contribution < 1.29 is 9.53 Å². The first-order valence-corrected chi connectivity index (χ1v) is 8.97. The minimum absolute atomic E-state index is 0.0293. The fraction of sp³-hybridized carbons (Fsp3) is 0.200. The summed E-state index contributed by atoms with van der Waals surface area (Å²) in [6.45, 7) is 2.07. The van der Waals surface area contributed by atoms with Crippen molar-refractivity contribution in [3.8, 4) is 16.3 Å². The van der Waals surface area contributed by atoms with Crippen molar-refractivity contribution in [1.29, 1.82) is 0 Å². The Morgan fingerprint density at radius 2 is 2.04 bits per heavy atom. The number of aryl methyl sites for hydroxylation is 2. The molecule has 1 heterocycles. The van der Waals surface area contributed by atoms with E-state index in [1.807, 2.05) is 29.6 Å². The van der Waals surface area contributed by atoms with Crippen molar-refractivity contribution >= 4 is 22.9 Å². The minimum Gasteiger partial charge on any atom is -0.497 e. The van der Waals surface area contributed by atoms with Crippen molar-refractivity contribution in [1.82, 2.24) is 4.98 Å². The van der Waals surface area contributed by atoms with Crippen LogP contribution in [0.4, 0.5) is 5.69 Å². The fourth-order valence-corrected chi connectivity index (χ4v) is 3.35. The highest BCUT2D eigenvalue weighted by Gasteiger charge is 2.08. The molecule has 0 radical (unpaired) electrons. The average Bonchev–Trinajstić information content (AvgIpc) is 3.09. The molecule has 128 valence electrons. The maximum Gasteiger partial charge on any atom is 0.224 e. The van der Waals surface area contributed by atoms with E-state index in [-0.39, 0.29) is 5.91 Å². The molecule has 3 rings (SSSR count). The van der Waals surface area contributed by atoms with E-state index in [1.54, 1.807) is 24.5 Å². The van der Waals surface area contributed by atoms with Gasteiger partial charge in [0.25, 0.3) is 0 Å². The summed E-state index contributed by atoms with van der Waals surface area (Å²) in [6, 6.07) is 15.6. The number of nitrogens with one attached hydrogen (secondary N) is 1. The SMILES string of the molecule is COc1cccc(NC(=O)CCc2csc(-c3cccc(C)c3)n2)c1. The first kappa shape index (κ1) is 17.2. The number of thiazole rings is 1. The smallest absolute Gasteiger partial charge is 0.224 e. The third kappa shape index (κ3) is 4.67. The topological polar surface area (TPSA) is 51.2 Å². The molecular weight excluding hydrogens is 332 g/mol. The Balaban J connectivity index is 1.57. The number of nitrogens with zero attached hydrogens (tertiary/aromatic N) is 1. The van der Waals surface area contributed by atoms with Crippen LogP contribution in [0, 0.1) is 6.92 Å². The quantitative estimate of drug-likeness (QED) is 0.700. The maximum absolute atomic E-state index is 12.1. The molecule has 0 unspecified atom stereocenters. The van der Waals surface area contributed by atoms with Gasteiger partial charge in [-0.15, -0.1) is 11.3 Å². The summed E-state index contributed by atoms with van der Waals surface area (Å²) in [4.78, 5) is 16.8. The Hall–Kier alpha value is -2.66. The lowest BCUT2D eigenvalue weighted by Crippen LogP contribution is -2.12. The molecular formula is C20H20N2O2S. The fourth-order valence-electron chi connectivity index (χ4n) is 2.50. The second-order valence-corrected chi connectivity index (χ2v) is 6.65. The van der Waals surface area contributed by atoms with Crippen molar-refractivity contribution in [3.63, 3.8) is 0 Å². The average molecular weight is 352 g/mol. The number of anilines is 1. The van der Waals surface area contributed by atoms with E-state index >= 15 is 0 Å². The lowest BCUT2D eigenvalue weighted by atomic mass is 10.1. The lowest BCUT2D eigenvalue weighted by molar-refractivity contribution is -0.116. The van der Waals surface area contributed by atoms with Crippen LogP contribution in [0.1, 0.15) is 17.7 Å². The summed E-state index contributed by atoms with van der Waals surface area (Å²) in [5.41, 5.74) is 4.02. The highest BCUT2D eigenvalue weighted by molar-refractivity contribution is 7.13. The number of hydrogen-bond donors (Lipinski definition) is 1. The van der Waals surface area contributed by atoms with Gasteiger partial charge in [0.15, 0.2) is 0 Å². The molecule has 2 aromatic carbocycles. The molecule has 25 heavy (non-hydrogen) atoms. The van der Waals surface area contributed by atoms with E-state index < -0.39 is 0 Å². The van der Waals surface area contributed by atoms with Crippen LogP contribution in [0.25, 0.3) is 10.6 Å². The third-order valence-corrected chi connectivity index (χ3v) is 4.72. The van der Waals surface area contributed by atoms with Crippen LogP contribution in [0.2, 0.25) is 0 Å². The van der Waals surface area contributed by atoms with Gasteiger partial charge in [-0.3, -0.25) is 4.79 Å². The molecule has 0 saturated carbocycles. The summed E-state index contributed by atoms with van der Waals surface area (Å²) in [7, 11) is 1.61. The molecule has 0 fully saturated rings. The molecule has 0 atom stereocenters. The van der Waals surface area contributed by atoms with Gasteiger partial charge < -0.3 is 10.1 Å². The predicted molar refractivity (Wildman–Crippen MR) is 102 cm³/mol. The molecule has 1 aromatic heterocycles. The molecule has 3 aromatic rings. The Morgan fingerprint density at radius 1 is 1.20 bits per heavy atom. The maximum atomic E-state index is 12.1. The van der Waals surface area contributed by atoms with E-state index in [4.69, 9.17) is 4.74 Å². The minimum atomic E-state index is -0.0293. The first-order chi connectivity index (χ1) is 12.1. The molecule has 1 N–H and O–H groups in total. The van der Waals surface area contributed by atoms with Crippen molar-refractivity contribution in [2.24, 2.45) is 0 Å². The van der Waals surface area contributed by atoms with Crippen LogP contribution in [0.15, 0.2) is 53.9 Å². The largest absolute Gasteiger partial charge is 0.497 e. The van der Waals surface area contributed by atoms with Crippen LogP contribution < -0.4 is 10.1 Å². The van der Waals surface area contributed by atoms with Gasteiger partial charge in [-0.05, 0) is 31.5 Å². The number of rotatable bonds is 6. The number of ether oxygens (including phenoxy) is 1. The number of carbonyl (C=O) groups excluding carboxylic acids is 1. The van der Waals surface area contributed by atoms with Crippen LogP contribution in [0.3, 0.4) is 0 Å². The zero-order valence-corrected chi connectivity index (χ0v) is 15.1. The second kappa shape index (κ2) is 7.94. The molecule has 0 spiro atoms. The Labute approximate surface area is 151 Å². The van der Waals surface area contributed by atoms with E-state index in [2.05, 4.69) is 35.4 Å². The van der Waals surface area contributed by atoms with E-state index in [0.29, 0.717) is 12.8 Å². The Bertz CT molecular complexity index is 873. The zero-order chi connectivity index (χ0) is 17.6. The Morgan fingerprint density at radius 3 is 2.84 bits per heavy atom. The zero-order valence-electron chi connectivity index (χ0n) is 14.3. The number of hydrogen-bond acceptors (Lipinski definition) is 4. The van der Waals surface area contributed by atoms with Gasteiger partial charge >= 0.3 is 0 Å². The number of methoxy groups -OCH3 is 1. The molecule has 5 heteroatoms. The molecule has 0 saturated heterocycles. The van der Waals surface area contributed by atoms with Crippen molar-refractivity contribution in [2.45, 2.75) is 19.8 Å². The van der Waals surface area contributed by atoms with Gasteiger partial charge in [-0.2, -0.15) is 0 Å². The van der Waals surface area contributed by atoms with E-state index in [0.717, 1.165) is 27.7 Å². The van der Waals surface area contributed by atoms with Crippen LogP contribution in [-0.4, -0.2) is 18.0 Å². The third-order valence-electron chi connectivity index (χ3n) is 3.78. The van der Waals surface area contributed by atoms with Crippen LogP contribution in [0.5, 0.6) is 5.75 Å². The van der Waals surface area contributed by atoms with E-state index in [9.17, 15) is 4.79 Å². The second-order valence-electron chi connectivity index (χ2n) is 5.79. The van der Waals surface area contributed by atoms with Crippen LogP contribution >= 0.6 is 11.3 Å². The number of aromatic nitrogens is 1. The number of amides is 1. The molecule has 4 nitrogen and oxygen atoms in total. The number of benzene rings is 2.